The number of unbranched alkanes of at least 4 members (excludes halogenated alkanes) is 1. The van der Waals surface area contributed by atoms with E-state index in [1.54, 1.807) is 66.4 Å². The molecule has 0 heterocycles. The zero-order chi connectivity index (χ0) is 30.3. The molecule has 3 aromatic rings. The van der Waals surface area contributed by atoms with E-state index in [-0.39, 0.29) is 13.0 Å². The van der Waals surface area contributed by atoms with E-state index in [2.05, 4.69) is 15.9 Å². The van der Waals surface area contributed by atoms with Gasteiger partial charge in [-0.05, 0) is 85.5 Å². The predicted octanol–water partition coefficient (Wildman–Crippen LogP) is 7.66. The largest absolute Gasteiger partial charge is 0.492 e. The molecule has 0 aliphatic rings. The number of hydrogen-bond acceptors (Lipinski definition) is 6. The maximum Gasteiger partial charge on any atom is 0.415 e. The summed E-state index contributed by atoms with van der Waals surface area (Å²) in [6, 6.07) is 19.5. The second-order valence-electron chi connectivity index (χ2n) is 9.33. The molecule has 0 saturated heterocycles. The Morgan fingerprint density at radius 2 is 1.55 bits per heavy atom. The first-order valence-electron chi connectivity index (χ1n) is 13.5. The second-order valence-corrected chi connectivity index (χ2v) is 11.1. The molecule has 0 fully saturated rings. The van der Waals surface area contributed by atoms with Crippen LogP contribution in [0.3, 0.4) is 0 Å². The molecule has 0 spiro atoms. The van der Waals surface area contributed by atoms with E-state index in [0.717, 1.165) is 22.0 Å². The van der Waals surface area contributed by atoms with Gasteiger partial charge in [0.2, 0.25) is 0 Å². The first kappa shape index (κ1) is 33.7. The van der Waals surface area contributed by atoms with E-state index in [1.807, 2.05) is 12.1 Å². The van der Waals surface area contributed by atoms with Gasteiger partial charge in [0.1, 0.15) is 18.1 Å². The SMILES string of the molecule is CCOC(Cc1ccc(OCCN(CCCCOCc2cc(Cl)cc(Cl)c2)C(=O)Oc2ccc(Br)cc2)cc1)C(=O)O. The number of carbonyl (C=O) groups excluding carboxylic acids is 1. The van der Waals surface area contributed by atoms with Crippen molar-refractivity contribution in [3.8, 4) is 11.5 Å². The zero-order valence-electron chi connectivity index (χ0n) is 23.3. The van der Waals surface area contributed by atoms with Crippen LogP contribution < -0.4 is 9.47 Å². The summed E-state index contributed by atoms with van der Waals surface area (Å²) in [5.41, 5.74) is 1.72. The van der Waals surface area contributed by atoms with Gasteiger partial charge in [0.25, 0.3) is 0 Å². The fourth-order valence-corrected chi connectivity index (χ4v) is 4.82. The summed E-state index contributed by atoms with van der Waals surface area (Å²) in [5.74, 6) is 0.0580. The van der Waals surface area contributed by atoms with Crippen molar-refractivity contribution in [2.24, 2.45) is 0 Å². The Morgan fingerprint density at radius 3 is 2.19 bits per heavy atom. The number of carboxylic acids is 1. The molecule has 0 aromatic heterocycles. The maximum absolute atomic E-state index is 13.0. The molecular weight excluding hydrogens is 649 g/mol. The molecule has 1 amide bonds. The number of benzene rings is 3. The average Bonchev–Trinajstić information content (AvgIpc) is 2.95. The first-order chi connectivity index (χ1) is 20.2. The fourth-order valence-electron chi connectivity index (χ4n) is 3.98. The molecule has 0 bridgehead atoms. The van der Waals surface area contributed by atoms with Gasteiger partial charge in [0.05, 0.1) is 13.2 Å². The second kappa shape index (κ2) is 18.0. The maximum atomic E-state index is 13.0. The third kappa shape index (κ3) is 12.2. The van der Waals surface area contributed by atoms with Gasteiger partial charge in [-0.1, -0.05) is 51.3 Å². The zero-order valence-corrected chi connectivity index (χ0v) is 26.4. The molecular formula is C31H34BrCl2NO7. The number of carbonyl (C=O) groups is 2. The Bertz CT molecular complexity index is 1260. The van der Waals surface area contributed by atoms with Gasteiger partial charge in [-0.2, -0.15) is 0 Å². The smallest absolute Gasteiger partial charge is 0.415 e. The van der Waals surface area contributed by atoms with Crippen LogP contribution in [0, 0.1) is 0 Å². The summed E-state index contributed by atoms with van der Waals surface area (Å²) < 4.78 is 23.4. The number of ether oxygens (including phenoxy) is 4. The Kier molecular flexibility index (Phi) is 14.4. The molecule has 11 heteroatoms. The van der Waals surface area contributed by atoms with E-state index in [9.17, 15) is 14.7 Å². The minimum absolute atomic E-state index is 0.248. The third-order valence-electron chi connectivity index (χ3n) is 6.05. The number of rotatable bonds is 17. The lowest BCUT2D eigenvalue weighted by atomic mass is 10.1. The number of aliphatic carboxylic acids is 1. The van der Waals surface area contributed by atoms with Crippen LogP contribution in [-0.2, 0) is 27.3 Å². The molecule has 0 saturated carbocycles. The Hall–Kier alpha value is -2.82. The molecule has 226 valence electrons. The van der Waals surface area contributed by atoms with E-state index >= 15 is 0 Å². The summed E-state index contributed by atoms with van der Waals surface area (Å²) in [6.45, 7) is 4.00. The average molecular weight is 683 g/mol. The van der Waals surface area contributed by atoms with E-state index < -0.39 is 18.2 Å². The Balaban J connectivity index is 1.49. The predicted molar refractivity (Wildman–Crippen MR) is 166 cm³/mol. The van der Waals surface area contributed by atoms with Crippen LogP contribution in [-0.4, -0.2) is 61.1 Å². The van der Waals surface area contributed by atoms with E-state index in [0.29, 0.717) is 60.9 Å². The Labute approximate surface area is 264 Å². The van der Waals surface area contributed by atoms with Crippen molar-refractivity contribution in [2.75, 3.05) is 32.9 Å². The lowest BCUT2D eigenvalue weighted by Crippen LogP contribution is -2.37. The highest BCUT2D eigenvalue weighted by molar-refractivity contribution is 9.10. The van der Waals surface area contributed by atoms with Crippen LogP contribution in [0.5, 0.6) is 11.5 Å². The number of amides is 1. The van der Waals surface area contributed by atoms with Crippen LogP contribution in [0.1, 0.15) is 30.9 Å². The highest BCUT2D eigenvalue weighted by Gasteiger charge is 2.18. The number of nitrogens with zero attached hydrogens (tertiary/aromatic N) is 1. The lowest BCUT2D eigenvalue weighted by molar-refractivity contribution is -0.149. The molecule has 42 heavy (non-hydrogen) atoms. The molecule has 0 aliphatic heterocycles. The fraction of sp³-hybridized carbons (Fsp3) is 0.355. The first-order valence-corrected chi connectivity index (χ1v) is 15.1. The van der Waals surface area contributed by atoms with Crippen molar-refractivity contribution in [1.29, 1.82) is 0 Å². The van der Waals surface area contributed by atoms with Crippen molar-refractivity contribution in [2.45, 2.75) is 38.9 Å². The summed E-state index contributed by atoms with van der Waals surface area (Å²) in [7, 11) is 0. The monoisotopic (exact) mass is 681 g/mol. The molecule has 0 radical (unpaired) electrons. The van der Waals surface area contributed by atoms with Gasteiger partial charge in [-0.25, -0.2) is 9.59 Å². The molecule has 1 atom stereocenters. The van der Waals surface area contributed by atoms with Gasteiger partial charge in [-0.15, -0.1) is 0 Å². The Morgan fingerprint density at radius 1 is 0.881 bits per heavy atom. The summed E-state index contributed by atoms with van der Waals surface area (Å²) in [4.78, 5) is 25.9. The van der Waals surface area contributed by atoms with Crippen molar-refractivity contribution >= 4 is 51.2 Å². The van der Waals surface area contributed by atoms with Crippen LogP contribution >= 0.6 is 39.1 Å². The summed E-state index contributed by atoms with van der Waals surface area (Å²) >= 11 is 15.5. The highest BCUT2D eigenvalue weighted by Crippen LogP contribution is 2.20. The van der Waals surface area contributed by atoms with Crippen LogP contribution in [0.2, 0.25) is 10.0 Å². The molecule has 0 aliphatic carbocycles. The third-order valence-corrected chi connectivity index (χ3v) is 7.02. The lowest BCUT2D eigenvalue weighted by Gasteiger charge is -2.22. The van der Waals surface area contributed by atoms with Crippen LogP contribution in [0.25, 0.3) is 0 Å². The topological polar surface area (TPSA) is 94.5 Å². The van der Waals surface area contributed by atoms with Crippen molar-refractivity contribution < 1.29 is 33.6 Å². The van der Waals surface area contributed by atoms with Crippen LogP contribution in [0.15, 0.2) is 71.2 Å². The van der Waals surface area contributed by atoms with E-state index in [4.69, 9.17) is 42.1 Å². The molecule has 8 nitrogen and oxygen atoms in total. The van der Waals surface area contributed by atoms with Gasteiger partial charge in [-0.3, -0.25) is 0 Å². The van der Waals surface area contributed by atoms with Gasteiger partial charge in [0, 0.05) is 40.7 Å². The summed E-state index contributed by atoms with van der Waals surface area (Å²) in [6.07, 6.45) is 0.326. The van der Waals surface area contributed by atoms with Crippen molar-refractivity contribution in [3.63, 3.8) is 0 Å². The summed E-state index contributed by atoms with van der Waals surface area (Å²) in [5, 5.41) is 10.4. The molecule has 1 unspecified atom stereocenters. The number of halogens is 3. The number of hydrogen-bond donors (Lipinski definition) is 1. The minimum Gasteiger partial charge on any atom is -0.492 e. The number of carboxylic acid groups (broad SMARTS) is 1. The molecule has 3 aromatic carbocycles. The molecule has 1 N–H and O–H groups in total. The van der Waals surface area contributed by atoms with Gasteiger partial charge >= 0.3 is 12.1 Å². The van der Waals surface area contributed by atoms with Gasteiger partial charge < -0.3 is 29.0 Å². The minimum atomic E-state index is -0.995. The standard InChI is InChI=1S/C31H34BrCl2NO7/c1-2-40-29(30(36)37)19-22-5-9-27(10-6-22)41-16-14-35(31(38)42-28-11-7-24(32)8-12-28)13-3-4-15-39-21-23-17-25(33)20-26(34)18-23/h5-12,17-18,20,29H,2-4,13-16,19,21H2,1H3,(H,36,37). The quantitative estimate of drug-likeness (QED) is 0.146. The van der Waals surface area contributed by atoms with E-state index in [1.165, 1.54) is 0 Å². The normalized spacial score (nSPS) is 11.6. The molecule has 3 rings (SSSR count). The van der Waals surface area contributed by atoms with Crippen LogP contribution in [0.4, 0.5) is 4.79 Å². The van der Waals surface area contributed by atoms with Crippen molar-refractivity contribution in [3.05, 3.63) is 92.4 Å². The van der Waals surface area contributed by atoms with Crippen molar-refractivity contribution in [1.82, 2.24) is 4.90 Å². The highest BCUT2D eigenvalue weighted by atomic mass is 79.9. The van der Waals surface area contributed by atoms with Gasteiger partial charge in [0.15, 0.2) is 6.10 Å².